The van der Waals surface area contributed by atoms with Crippen LogP contribution in [0.15, 0.2) is 96.1 Å². The first-order chi connectivity index (χ1) is 14.7. The first-order valence-corrected chi connectivity index (χ1v) is 9.94. The van der Waals surface area contributed by atoms with Crippen LogP contribution in [-0.4, -0.2) is 28.9 Å². The number of amides is 1. The monoisotopic (exact) mass is 526 g/mol. The predicted molar refractivity (Wildman–Crippen MR) is 119 cm³/mol. The van der Waals surface area contributed by atoms with E-state index in [-0.39, 0.29) is 39.2 Å². The Labute approximate surface area is 207 Å². The van der Waals surface area contributed by atoms with Gasteiger partial charge in [-0.3, -0.25) is 14.7 Å². The molecule has 2 aliphatic heterocycles. The molecule has 148 valence electrons. The van der Waals surface area contributed by atoms with E-state index in [4.69, 9.17) is 11.6 Å². The van der Waals surface area contributed by atoms with Gasteiger partial charge in [0.25, 0.3) is 5.91 Å². The van der Waals surface area contributed by atoms with Crippen molar-refractivity contribution in [2.45, 2.75) is 12.5 Å². The number of fused-ring (bicyclic) bond motifs is 1. The third kappa shape index (κ3) is 5.98. The van der Waals surface area contributed by atoms with E-state index in [0.29, 0.717) is 12.3 Å². The Morgan fingerprint density at radius 3 is 2.23 bits per heavy atom. The Balaban J connectivity index is 0.000000292. The van der Waals surface area contributed by atoms with Crippen LogP contribution in [0.25, 0.3) is 5.70 Å². The summed E-state index contributed by atoms with van der Waals surface area (Å²) in [5.74, 6) is 0.543. The van der Waals surface area contributed by atoms with Crippen molar-refractivity contribution in [3.63, 3.8) is 0 Å². The zero-order valence-electron chi connectivity index (χ0n) is 16.8. The zero-order chi connectivity index (χ0) is 20.8. The Hall–Kier alpha value is -2.58. The van der Waals surface area contributed by atoms with Crippen molar-refractivity contribution in [2.24, 2.45) is 4.99 Å². The van der Waals surface area contributed by atoms with Gasteiger partial charge >= 0.3 is 27.3 Å². The Kier molecular flexibility index (Phi) is 8.31. The van der Waals surface area contributed by atoms with Crippen molar-refractivity contribution in [3.8, 4) is 0 Å². The van der Waals surface area contributed by atoms with E-state index in [9.17, 15) is 4.79 Å². The van der Waals surface area contributed by atoms with Crippen molar-refractivity contribution in [1.29, 1.82) is 0 Å². The van der Waals surface area contributed by atoms with Gasteiger partial charge in [-0.05, 0) is 11.1 Å². The molecule has 0 saturated heterocycles. The van der Waals surface area contributed by atoms with Crippen LogP contribution in [-0.2, 0) is 38.5 Å². The molecular weight excluding hydrogens is 506 g/mol. The van der Waals surface area contributed by atoms with Gasteiger partial charge in [0.1, 0.15) is 11.9 Å². The quantitative estimate of drug-likeness (QED) is 0.415. The summed E-state index contributed by atoms with van der Waals surface area (Å²) >= 11 is 5.52. The number of carbonyl (C=O) groups is 1. The number of carbonyl (C=O) groups excluding carboxylic acids is 1. The molecule has 0 aliphatic carbocycles. The van der Waals surface area contributed by atoms with Crippen LogP contribution in [0.2, 0.25) is 5.02 Å². The molecule has 0 fully saturated rings. The first kappa shape index (κ1) is 23.1. The van der Waals surface area contributed by atoms with E-state index in [1.54, 1.807) is 35.4 Å². The molecule has 0 bridgehead atoms. The molecule has 5 rings (SSSR count). The minimum absolute atomic E-state index is 0. The summed E-state index contributed by atoms with van der Waals surface area (Å²) in [6.07, 6.45) is 5.42. The summed E-state index contributed by atoms with van der Waals surface area (Å²) in [5, 5.41) is 0.763. The second kappa shape index (κ2) is 11.2. The maximum atomic E-state index is 12.6. The first-order valence-electron chi connectivity index (χ1n) is 9.56. The van der Waals surface area contributed by atoms with Gasteiger partial charge in [-0.1, -0.05) is 65.7 Å². The molecule has 6 heteroatoms. The molecular formula is C25H19CdClN3O+. The normalized spacial score (nSPS) is 16.4. The van der Waals surface area contributed by atoms with E-state index in [1.807, 2.05) is 60.7 Å². The third-order valence-corrected chi connectivity index (χ3v) is 4.88. The number of halogens is 1. The number of nitrogens with zero attached hydrogens (tertiary/aromatic N) is 2. The molecule has 1 amide bonds. The minimum atomic E-state index is -0.381. The fraction of sp³-hybridized carbons (Fsp3) is 0.0800. The van der Waals surface area contributed by atoms with Crippen molar-refractivity contribution in [1.82, 2.24) is 4.90 Å². The van der Waals surface area contributed by atoms with E-state index >= 15 is 0 Å². The van der Waals surface area contributed by atoms with E-state index in [1.165, 1.54) is 0 Å². The van der Waals surface area contributed by atoms with E-state index in [2.05, 4.69) is 22.3 Å². The van der Waals surface area contributed by atoms with Gasteiger partial charge in [0.2, 0.25) is 0 Å². The van der Waals surface area contributed by atoms with E-state index in [0.717, 1.165) is 21.8 Å². The van der Waals surface area contributed by atoms with Crippen LogP contribution in [0.3, 0.4) is 0 Å². The van der Waals surface area contributed by atoms with Gasteiger partial charge in [0.05, 0.1) is 11.9 Å². The molecule has 0 saturated carbocycles. The Morgan fingerprint density at radius 2 is 1.61 bits per heavy atom. The van der Waals surface area contributed by atoms with E-state index < -0.39 is 0 Å². The average molecular weight is 525 g/mol. The molecule has 0 aromatic heterocycles. The molecule has 4 nitrogen and oxygen atoms in total. The van der Waals surface area contributed by atoms with Crippen molar-refractivity contribution in [2.75, 3.05) is 0 Å². The van der Waals surface area contributed by atoms with Gasteiger partial charge < -0.3 is 4.99 Å². The number of benzene rings is 3. The van der Waals surface area contributed by atoms with Crippen molar-refractivity contribution < 1.29 is 37.1 Å². The van der Waals surface area contributed by atoms with Gasteiger partial charge in [0, 0.05) is 12.6 Å². The molecule has 1 unspecified atom stereocenters. The molecule has 0 spiro atoms. The summed E-state index contributed by atoms with van der Waals surface area (Å²) in [7, 11) is 0. The smallest absolute Gasteiger partial charge is 0.369 e. The van der Waals surface area contributed by atoms with Crippen LogP contribution in [0.1, 0.15) is 11.1 Å². The van der Waals surface area contributed by atoms with Crippen LogP contribution >= 0.6 is 11.6 Å². The SMILES string of the molecule is Clc1cc[c-]cc1.O=C1C(Cc2ccccc2)N=C2[C-]=[NH+]C(c3ccccc3)=CN12.[Cd+2]. The predicted octanol–water partition coefficient (Wildman–Crippen LogP) is 3.02. The standard InChI is InChI=1S/C19H15N3O.C6H4Cl.Cd/c23-19-16(11-14-7-3-1-4-8-14)21-18-12-20-17(13-22(18)19)15-9-5-2-6-10-15;7-6-4-2-1-3-5-6;/h1-10,13,16,20H,11H2;2-5H;/q;-1;+2. The molecule has 2 aliphatic rings. The maximum absolute atomic E-state index is 12.6. The summed E-state index contributed by atoms with van der Waals surface area (Å²) in [6, 6.07) is 29.4. The van der Waals surface area contributed by atoms with Crippen LogP contribution in [0.5, 0.6) is 0 Å². The van der Waals surface area contributed by atoms with Crippen LogP contribution in [0, 0.1) is 6.07 Å². The number of hydrogen-bond acceptors (Lipinski definition) is 2. The fourth-order valence-electron chi connectivity index (χ4n) is 3.13. The van der Waals surface area contributed by atoms with Crippen LogP contribution < -0.4 is 4.99 Å². The summed E-state index contributed by atoms with van der Waals surface area (Å²) in [5.41, 5.74) is 2.96. The fourth-order valence-corrected chi connectivity index (χ4v) is 3.26. The zero-order valence-corrected chi connectivity index (χ0v) is 21.6. The maximum Gasteiger partial charge on any atom is 2.00 e. The van der Waals surface area contributed by atoms with Crippen molar-refractivity contribution >= 4 is 35.3 Å². The Bertz CT molecular complexity index is 1100. The topological polar surface area (TPSA) is 46.6 Å². The van der Waals surface area contributed by atoms with Gasteiger partial charge in [-0.25, -0.2) is 0 Å². The molecule has 0 radical (unpaired) electrons. The largest absolute Gasteiger partial charge is 2.00 e. The molecule has 2 heterocycles. The van der Waals surface area contributed by atoms with Gasteiger partial charge in [-0.2, -0.15) is 30.3 Å². The second-order valence-electron chi connectivity index (χ2n) is 6.74. The summed E-state index contributed by atoms with van der Waals surface area (Å²) in [4.78, 5) is 21.8. The average Bonchev–Trinajstić information content (AvgIpc) is 3.11. The molecule has 31 heavy (non-hydrogen) atoms. The molecule has 3 aromatic carbocycles. The summed E-state index contributed by atoms with van der Waals surface area (Å²) in [6.45, 7) is 0. The number of nitrogens with one attached hydrogen (secondary N) is 1. The second-order valence-corrected chi connectivity index (χ2v) is 7.18. The number of hydrogen-bond donors (Lipinski definition) is 1. The molecule has 3 aromatic rings. The number of amidine groups is 1. The third-order valence-electron chi connectivity index (χ3n) is 4.63. The number of aliphatic imine (C=N–C) groups is 1. The molecule has 1 atom stereocenters. The molecule has 1 N–H and O–H groups in total. The number of rotatable bonds is 3. The van der Waals surface area contributed by atoms with Gasteiger partial charge in [-0.15, -0.1) is 11.6 Å². The van der Waals surface area contributed by atoms with Gasteiger partial charge in [0.15, 0.2) is 0 Å². The summed E-state index contributed by atoms with van der Waals surface area (Å²) < 4.78 is 0. The Morgan fingerprint density at radius 1 is 0.968 bits per heavy atom. The van der Waals surface area contributed by atoms with Crippen LogP contribution in [0.4, 0.5) is 0 Å². The van der Waals surface area contributed by atoms with Crippen molar-refractivity contribution in [3.05, 3.63) is 113 Å². The minimum Gasteiger partial charge on any atom is -0.369 e.